The second-order valence-electron chi connectivity index (χ2n) is 9.22. The number of hydrogen-bond acceptors (Lipinski definition) is 2. The number of carbonyl (C=O) groups excluding carboxylic acids is 2. The van der Waals surface area contributed by atoms with Gasteiger partial charge in [0.15, 0.2) is 0 Å². The first-order valence-electron chi connectivity index (χ1n) is 11.8. The lowest BCUT2D eigenvalue weighted by atomic mass is 9.94. The smallest absolute Gasteiger partial charge is 0.254 e. The summed E-state index contributed by atoms with van der Waals surface area (Å²) in [5.41, 5.74) is 3.19. The first-order valence-corrected chi connectivity index (χ1v) is 11.8. The van der Waals surface area contributed by atoms with Gasteiger partial charge in [-0.2, -0.15) is 0 Å². The molecular formula is C28H30N2O2. The maximum Gasteiger partial charge on any atom is 0.254 e. The molecule has 0 spiro atoms. The van der Waals surface area contributed by atoms with E-state index in [0.29, 0.717) is 13.1 Å². The van der Waals surface area contributed by atoms with Gasteiger partial charge in [-0.25, -0.2) is 0 Å². The summed E-state index contributed by atoms with van der Waals surface area (Å²) in [7, 11) is 0. The summed E-state index contributed by atoms with van der Waals surface area (Å²) >= 11 is 0. The fourth-order valence-corrected chi connectivity index (χ4v) is 5.35. The molecule has 2 atom stereocenters. The summed E-state index contributed by atoms with van der Waals surface area (Å²) in [6.45, 7) is 4.13. The third-order valence-electron chi connectivity index (χ3n) is 7.08. The van der Waals surface area contributed by atoms with Crippen LogP contribution in [0.1, 0.15) is 53.2 Å². The third kappa shape index (κ3) is 3.90. The van der Waals surface area contributed by atoms with E-state index in [-0.39, 0.29) is 23.8 Å². The highest BCUT2D eigenvalue weighted by atomic mass is 16.2. The Morgan fingerprint density at radius 1 is 0.844 bits per heavy atom. The van der Waals surface area contributed by atoms with Crippen LogP contribution in [-0.4, -0.2) is 41.2 Å². The molecular weight excluding hydrogens is 396 g/mol. The normalized spacial score (nSPS) is 21.2. The van der Waals surface area contributed by atoms with E-state index >= 15 is 0 Å². The van der Waals surface area contributed by atoms with E-state index in [1.165, 1.54) is 11.1 Å². The lowest BCUT2D eigenvalue weighted by Crippen LogP contribution is -2.46. The molecule has 3 aromatic carbocycles. The summed E-state index contributed by atoms with van der Waals surface area (Å²) < 4.78 is 0. The number of aryl methyl sites for hydroxylation is 1. The molecule has 4 nitrogen and oxygen atoms in total. The fourth-order valence-electron chi connectivity index (χ4n) is 5.35. The van der Waals surface area contributed by atoms with E-state index < -0.39 is 0 Å². The van der Waals surface area contributed by atoms with Crippen molar-refractivity contribution in [2.45, 2.75) is 38.6 Å². The number of amides is 2. The van der Waals surface area contributed by atoms with Crippen molar-refractivity contribution in [3.05, 3.63) is 83.4 Å². The molecule has 0 saturated carbocycles. The maximum atomic E-state index is 13.6. The average Bonchev–Trinajstić information content (AvgIpc) is 3.33. The quantitative estimate of drug-likeness (QED) is 0.565. The number of nitrogens with zero attached hydrogens (tertiary/aromatic N) is 2. The first kappa shape index (κ1) is 20.7. The monoisotopic (exact) mass is 426 g/mol. The molecule has 2 heterocycles. The lowest BCUT2D eigenvalue weighted by molar-refractivity contribution is -0.137. The first-order chi connectivity index (χ1) is 15.6. The molecule has 32 heavy (non-hydrogen) atoms. The van der Waals surface area contributed by atoms with Gasteiger partial charge >= 0.3 is 0 Å². The van der Waals surface area contributed by atoms with Crippen molar-refractivity contribution in [3.8, 4) is 0 Å². The summed E-state index contributed by atoms with van der Waals surface area (Å²) in [6, 6.07) is 22.6. The summed E-state index contributed by atoms with van der Waals surface area (Å²) in [4.78, 5) is 30.9. The maximum absolute atomic E-state index is 13.6. The molecule has 0 aliphatic carbocycles. The topological polar surface area (TPSA) is 40.6 Å². The highest BCUT2D eigenvalue weighted by Crippen LogP contribution is 2.35. The van der Waals surface area contributed by atoms with Crippen molar-refractivity contribution in [3.63, 3.8) is 0 Å². The Kier molecular flexibility index (Phi) is 5.69. The van der Waals surface area contributed by atoms with Crippen LogP contribution in [0.2, 0.25) is 0 Å². The molecule has 2 amide bonds. The van der Waals surface area contributed by atoms with Gasteiger partial charge in [0, 0.05) is 25.2 Å². The van der Waals surface area contributed by atoms with Gasteiger partial charge in [-0.1, -0.05) is 66.2 Å². The van der Waals surface area contributed by atoms with Crippen molar-refractivity contribution < 1.29 is 9.59 Å². The molecule has 5 rings (SSSR count). The Bertz CT molecular complexity index is 1130. The Balaban J connectivity index is 1.33. The highest BCUT2D eigenvalue weighted by Gasteiger charge is 2.37. The fraction of sp³-hybridized carbons (Fsp3) is 0.357. The molecule has 4 heteroatoms. The van der Waals surface area contributed by atoms with Crippen LogP contribution in [0.5, 0.6) is 0 Å². The van der Waals surface area contributed by atoms with Crippen LogP contribution < -0.4 is 0 Å². The number of carbonyl (C=O) groups is 2. The predicted octanol–water partition coefficient (Wildman–Crippen LogP) is 5.36. The lowest BCUT2D eigenvalue weighted by Gasteiger charge is -2.36. The second kappa shape index (κ2) is 8.78. The number of benzene rings is 3. The molecule has 3 aromatic rings. The Morgan fingerprint density at radius 2 is 1.59 bits per heavy atom. The van der Waals surface area contributed by atoms with Crippen molar-refractivity contribution in [1.82, 2.24) is 9.80 Å². The van der Waals surface area contributed by atoms with Crippen LogP contribution in [-0.2, 0) is 4.79 Å². The van der Waals surface area contributed by atoms with Crippen LogP contribution >= 0.6 is 0 Å². The molecule has 2 fully saturated rings. The molecule has 2 aliphatic rings. The minimum Gasteiger partial charge on any atom is -0.338 e. The number of hydrogen-bond donors (Lipinski definition) is 0. The summed E-state index contributed by atoms with van der Waals surface area (Å²) in [5.74, 6) is 0.132. The van der Waals surface area contributed by atoms with Gasteiger partial charge < -0.3 is 9.80 Å². The molecule has 2 saturated heterocycles. The predicted molar refractivity (Wildman–Crippen MR) is 127 cm³/mol. The Labute approximate surface area is 189 Å². The van der Waals surface area contributed by atoms with Crippen LogP contribution in [0.25, 0.3) is 10.8 Å². The largest absolute Gasteiger partial charge is 0.338 e. The Morgan fingerprint density at radius 3 is 2.44 bits per heavy atom. The van der Waals surface area contributed by atoms with Crippen molar-refractivity contribution in [2.24, 2.45) is 5.92 Å². The SMILES string of the molecule is Cc1ccc([C@H]2CCCN2C(=O)[C@H]2CCCN(C(=O)c3cccc4ccccc34)C2)cc1. The highest BCUT2D eigenvalue weighted by molar-refractivity contribution is 6.07. The van der Waals surface area contributed by atoms with Gasteiger partial charge in [-0.15, -0.1) is 0 Å². The number of piperidine rings is 1. The van der Waals surface area contributed by atoms with Crippen LogP contribution in [0, 0.1) is 12.8 Å². The number of rotatable bonds is 3. The second-order valence-corrected chi connectivity index (χ2v) is 9.22. The summed E-state index contributed by atoms with van der Waals surface area (Å²) in [5, 5.41) is 2.05. The van der Waals surface area contributed by atoms with Gasteiger partial charge in [0.2, 0.25) is 5.91 Å². The van der Waals surface area contributed by atoms with E-state index in [2.05, 4.69) is 36.1 Å². The molecule has 2 aliphatic heterocycles. The zero-order valence-corrected chi connectivity index (χ0v) is 18.7. The molecule has 0 radical (unpaired) electrons. The number of fused-ring (bicyclic) bond motifs is 1. The molecule has 0 unspecified atom stereocenters. The van der Waals surface area contributed by atoms with Gasteiger partial charge in [0.05, 0.1) is 12.0 Å². The minimum atomic E-state index is -0.117. The van der Waals surface area contributed by atoms with Gasteiger partial charge in [0.25, 0.3) is 5.91 Å². The average molecular weight is 427 g/mol. The van der Waals surface area contributed by atoms with Crippen LogP contribution in [0.3, 0.4) is 0 Å². The zero-order chi connectivity index (χ0) is 22.1. The van der Waals surface area contributed by atoms with Gasteiger partial charge in [-0.05, 0) is 55.0 Å². The van der Waals surface area contributed by atoms with E-state index in [9.17, 15) is 9.59 Å². The van der Waals surface area contributed by atoms with E-state index in [4.69, 9.17) is 0 Å². The van der Waals surface area contributed by atoms with E-state index in [1.54, 1.807) is 0 Å². The van der Waals surface area contributed by atoms with Crippen LogP contribution in [0.15, 0.2) is 66.7 Å². The van der Waals surface area contributed by atoms with Gasteiger partial charge in [0.1, 0.15) is 0 Å². The molecule has 164 valence electrons. The Hall–Kier alpha value is -3.14. The van der Waals surface area contributed by atoms with E-state index in [1.807, 2.05) is 47.4 Å². The van der Waals surface area contributed by atoms with Crippen molar-refractivity contribution in [1.29, 1.82) is 0 Å². The van der Waals surface area contributed by atoms with E-state index in [0.717, 1.165) is 48.6 Å². The number of likely N-dealkylation sites (tertiary alicyclic amines) is 2. The molecule has 0 N–H and O–H groups in total. The van der Waals surface area contributed by atoms with Crippen molar-refractivity contribution >= 4 is 22.6 Å². The van der Waals surface area contributed by atoms with Crippen LogP contribution in [0.4, 0.5) is 0 Å². The van der Waals surface area contributed by atoms with Gasteiger partial charge in [-0.3, -0.25) is 9.59 Å². The molecule has 0 aromatic heterocycles. The third-order valence-corrected chi connectivity index (χ3v) is 7.08. The zero-order valence-electron chi connectivity index (χ0n) is 18.7. The molecule has 0 bridgehead atoms. The summed E-state index contributed by atoms with van der Waals surface area (Å²) in [6.07, 6.45) is 3.78. The van der Waals surface area contributed by atoms with Crippen molar-refractivity contribution in [2.75, 3.05) is 19.6 Å². The standard InChI is InChI=1S/C28H30N2O2/c1-20-13-15-22(16-14-20)26-12-6-18-30(26)27(31)23-9-5-17-29(19-23)28(32)25-11-4-8-21-7-2-3-10-24(21)25/h2-4,7-8,10-11,13-16,23,26H,5-6,9,12,17-19H2,1H3/t23-,26+/m0/s1. The minimum absolute atomic E-state index is 0.0378.